The number of thiophene rings is 1. The monoisotopic (exact) mass is 454 g/mol. The first-order valence-corrected chi connectivity index (χ1v) is 10.5. The molecule has 4 rings (SSSR count). The summed E-state index contributed by atoms with van der Waals surface area (Å²) in [4.78, 5) is 11.4. The number of carboxylic acids is 1. The number of hydrogen-bond acceptors (Lipinski definition) is 6. The molecule has 3 heterocycles. The summed E-state index contributed by atoms with van der Waals surface area (Å²) in [5, 5.41) is 20.4. The number of benzene rings is 1. The van der Waals surface area contributed by atoms with Gasteiger partial charge in [-0.05, 0) is 40.6 Å². The van der Waals surface area contributed by atoms with Crippen molar-refractivity contribution in [2.24, 2.45) is 11.8 Å². The van der Waals surface area contributed by atoms with Crippen LogP contribution in [-0.2, 0) is 16.1 Å². The van der Waals surface area contributed by atoms with Crippen LogP contribution in [0.4, 0.5) is 13.2 Å². The van der Waals surface area contributed by atoms with Crippen LogP contribution >= 0.6 is 11.3 Å². The number of fused-ring (bicyclic) bond motifs is 1. The number of carbonyl (C=O) groups is 1. The largest absolute Gasteiger partial charge is 0.493 e. The lowest BCUT2D eigenvalue weighted by molar-refractivity contribution is -0.192. The van der Waals surface area contributed by atoms with Gasteiger partial charge in [0.25, 0.3) is 0 Å². The number of rotatable bonds is 5. The summed E-state index contributed by atoms with van der Waals surface area (Å²) < 4.78 is 43.7. The lowest BCUT2D eigenvalue weighted by Gasteiger charge is -2.19. The van der Waals surface area contributed by atoms with E-state index >= 15 is 0 Å². The molecule has 2 fully saturated rings. The summed E-state index contributed by atoms with van der Waals surface area (Å²) in [5.74, 6) is -1.02. The Morgan fingerprint density at radius 3 is 2.77 bits per heavy atom. The van der Waals surface area contributed by atoms with Crippen molar-refractivity contribution < 1.29 is 32.5 Å². The second-order valence-corrected chi connectivity index (χ2v) is 8.15. The van der Waals surface area contributed by atoms with Crippen molar-refractivity contribution in [2.45, 2.75) is 18.8 Å². The van der Waals surface area contributed by atoms with Crippen LogP contribution in [0, 0.1) is 23.2 Å². The number of halogens is 3. The SMILES string of the molecule is N#Cc1cccc(OC[C@@H]2CO[C@@H]3CN(Cc4ccsc4)C[C@H]23)c1.O=C(O)C(F)(F)F. The fourth-order valence-corrected chi connectivity index (χ4v) is 4.34. The van der Waals surface area contributed by atoms with Crippen LogP contribution in [-0.4, -0.2) is 54.6 Å². The number of likely N-dealkylation sites (tertiary alicyclic amines) is 1. The average Bonchev–Trinajstić information content (AvgIpc) is 3.45. The number of hydrogen-bond donors (Lipinski definition) is 1. The summed E-state index contributed by atoms with van der Waals surface area (Å²) in [6.45, 7) is 4.53. The predicted octanol–water partition coefficient (Wildman–Crippen LogP) is 3.78. The summed E-state index contributed by atoms with van der Waals surface area (Å²) in [5.41, 5.74) is 2.02. The van der Waals surface area contributed by atoms with E-state index < -0.39 is 12.1 Å². The number of nitrogens with zero attached hydrogens (tertiary/aromatic N) is 2. The second kappa shape index (κ2) is 10.1. The van der Waals surface area contributed by atoms with Crippen molar-refractivity contribution in [3.8, 4) is 11.8 Å². The molecule has 0 unspecified atom stereocenters. The summed E-state index contributed by atoms with van der Waals surface area (Å²) in [6, 6.07) is 11.7. The summed E-state index contributed by atoms with van der Waals surface area (Å²) in [7, 11) is 0. The number of carboxylic acid groups (broad SMARTS) is 1. The topological polar surface area (TPSA) is 82.8 Å². The third kappa shape index (κ3) is 6.43. The maximum absolute atomic E-state index is 10.6. The van der Waals surface area contributed by atoms with Gasteiger partial charge in [-0.15, -0.1) is 0 Å². The van der Waals surface area contributed by atoms with Crippen LogP contribution in [0.5, 0.6) is 5.75 Å². The summed E-state index contributed by atoms with van der Waals surface area (Å²) in [6.07, 6.45) is -4.75. The van der Waals surface area contributed by atoms with Crippen LogP contribution in [0.25, 0.3) is 0 Å². The van der Waals surface area contributed by atoms with Crippen LogP contribution in [0.15, 0.2) is 41.1 Å². The Balaban J connectivity index is 0.000000339. The minimum absolute atomic E-state index is 0.336. The Morgan fingerprint density at radius 1 is 1.35 bits per heavy atom. The van der Waals surface area contributed by atoms with Crippen molar-refractivity contribution in [2.75, 3.05) is 26.3 Å². The molecular weight excluding hydrogens is 433 g/mol. The molecule has 2 aromatic rings. The minimum Gasteiger partial charge on any atom is -0.493 e. The van der Waals surface area contributed by atoms with Crippen LogP contribution < -0.4 is 4.74 Å². The van der Waals surface area contributed by atoms with Crippen molar-refractivity contribution in [1.29, 1.82) is 5.26 Å². The zero-order valence-electron chi connectivity index (χ0n) is 16.4. The van der Waals surface area contributed by atoms with E-state index in [2.05, 4.69) is 27.8 Å². The van der Waals surface area contributed by atoms with E-state index in [1.54, 1.807) is 23.5 Å². The molecule has 0 radical (unpaired) electrons. The van der Waals surface area contributed by atoms with Gasteiger partial charge in [-0.1, -0.05) is 6.07 Å². The normalized spacial score (nSPS) is 22.8. The highest BCUT2D eigenvalue weighted by atomic mass is 32.1. The standard InChI is InChI=1S/C19H20N2O2S.C2HF3O2/c20-7-14-2-1-3-17(6-14)22-11-16-12-23-19-10-21(9-18(16)19)8-15-4-5-24-13-15;3-2(4,5)1(6)7/h1-6,13,16,18-19H,8-12H2;(H,6,7)/t16-,18-,19-;/m1./s1. The summed E-state index contributed by atoms with van der Waals surface area (Å²) >= 11 is 1.75. The molecule has 1 N–H and O–H groups in total. The highest BCUT2D eigenvalue weighted by Gasteiger charge is 2.44. The molecule has 6 nitrogen and oxygen atoms in total. The van der Waals surface area contributed by atoms with E-state index in [0.29, 0.717) is 30.1 Å². The predicted molar refractivity (Wildman–Crippen MR) is 107 cm³/mol. The quantitative estimate of drug-likeness (QED) is 0.741. The molecule has 0 bridgehead atoms. The molecule has 1 aromatic heterocycles. The fraction of sp³-hybridized carbons (Fsp3) is 0.429. The first-order chi connectivity index (χ1) is 14.8. The third-order valence-electron chi connectivity index (χ3n) is 5.17. The molecule has 166 valence electrons. The maximum atomic E-state index is 10.6. The Kier molecular flexibility index (Phi) is 7.54. The number of nitriles is 1. The molecule has 0 amide bonds. The zero-order valence-corrected chi connectivity index (χ0v) is 17.2. The van der Waals surface area contributed by atoms with Crippen molar-refractivity contribution in [3.05, 3.63) is 52.2 Å². The number of alkyl halides is 3. The van der Waals surface area contributed by atoms with Gasteiger partial charge in [0.2, 0.25) is 0 Å². The molecule has 1 aromatic carbocycles. The molecule has 2 aliphatic heterocycles. The number of ether oxygens (including phenoxy) is 2. The van der Waals surface area contributed by atoms with Gasteiger partial charge in [-0.25, -0.2) is 4.79 Å². The minimum atomic E-state index is -5.08. The third-order valence-corrected chi connectivity index (χ3v) is 5.90. The second-order valence-electron chi connectivity index (χ2n) is 7.37. The molecule has 31 heavy (non-hydrogen) atoms. The van der Waals surface area contributed by atoms with Gasteiger partial charge in [-0.2, -0.15) is 29.8 Å². The zero-order chi connectivity index (χ0) is 22.4. The van der Waals surface area contributed by atoms with Crippen LogP contribution in [0.2, 0.25) is 0 Å². The molecule has 2 aliphatic rings. The Bertz CT molecular complexity index is 914. The van der Waals surface area contributed by atoms with Gasteiger partial charge in [0.05, 0.1) is 31.0 Å². The van der Waals surface area contributed by atoms with Crippen LogP contribution in [0.3, 0.4) is 0 Å². The van der Waals surface area contributed by atoms with E-state index in [1.807, 2.05) is 12.1 Å². The first kappa shape index (κ1) is 23.1. The Labute approximate surface area is 181 Å². The van der Waals surface area contributed by atoms with Crippen molar-refractivity contribution in [3.63, 3.8) is 0 Å². The highest BCUT2D eigenvalue weighted by molar-refractivity contribution is 7.07. The first-order valence-electron chi connectivity index (χ1n) is 9.54. The Morgan fingerprint density at radius 2 is 2.13 bits per heavy atom. The molecule has 3 atom stereocenters. The van der Waals surface area contributed by atoms with Gasteiger partial charge in [-0.3, -0.25) is 4.90 Å². The van der Waals surface area contributed by atoms with Gasteiger partial charge < -0.3 is 14.6 Å². The lowest BCUT2D eigenvalue weighted by atomic mass is 9.94. The molecular formula is C21H21F3N2O4S. The fourth-order valence-electron chi connectivity index (χ4n) is 3.68. The van der Waals surface area contributed by atoms with E-state index in [-0.39, 0.29) is 0 Å². The average molecular weight is 454 g/mol. The smallest absolute Gasteiger partial charge is 0.490 e. The van der Waals surface area contributed by atoms with Gasteiger partial charge in [0.15, 0.2) is 0 Å². The molecule has 10 heteroatoms. The maximum Gasteiger partial charge on any atom is 0.490 e. The van der Waals surface area contributed by atoms with Crippen LogP contribution in [0.1, 0.15) is 11.1 Å². The van der Waals surface area contributed by atoms with Gasteiger partial charge >= 0.3 is 12.1 Å². The van der Waals surface area contributed by atoms with Crippen molar-refractivity contribution in [1.82, 2.24) is 4.90 Å². The van der Waals surface area contributed by atoms with Gasteiger partial charge in [0.1, 0.15) is 5.75 Å². The van der Waals surface area contributed by atoms with E-state index in [1.165, 1.54) is 5.56 Å². The molecule has 2 saturated heterocycles. The van der Waals surface area contributed by atoms with E-state index in [9.17, 15) is 13.2 Å². The lowest BCUT2D eigenvalue weighted by Crippen LogP contribution is -2.26. The van der Waals surface area contributed by atoms with E-state index in [0.717, 1.165) is 32.0 Å². The van der Waals surface area contributed by atoms with Gasteiger partial charge in [0, 0.05) is 31.5 Å². The Hall–Kier alpha value is -2.61. The highest BCUT2D eigenvalue weighted by Crippen LogP contribution is 2.35. The molecule has 0 spiro atoms. The van der Waals surface area contributed by atoms with Crippen molar-refractivity contribution >= 4 is 17.3 Å². The molecule has 0 aliphatic carbocycles. The number of aliphatic carboxylic acids is 1. The van der Waals surface area contributed by atoms with E-state index in [4.69, 9.17) is 24.6 Å². The molecule has 0 saturated carbocycles.